The Hall–Kier alpha value is -1.94. The van der Waals surface area contributed by atoms with Crippen LogP contribution in [-0.2, 0) is 65.4 Å². The Morgan fingerprint density at radius 2 is 0.451 bits per heavy atom. The number of phosphoric acid groups is 2. The molecule has 17 nitrogen and oxygen atoms in total. The van der Waals surface area contributed by atoms with Gasteiger partial charge in [-0.2, -0.15) is 0 Å². The molecule has 0 aliphatic heterocycles. The van der Waals surface area contributed by atoms with Crippen LogP contribution >= 0.6 is 15.6 Å². The van der Waals surface area contributed by atoms with E-state index in [2.05, 4.69) is 41.5 Å². The van der Waals surface area contributed by atoms with Crippen LogP contribution in [0.25, 0.3) is 0 Å². The Morgan fingerprint density at radius 3 is 0.667 bits per heavy atom. The van der Waals surface area contributed by atoms with Crippen molar-refractivity contribution < 1.29 is 80.2 Å². The average Bonchev–Trinajstić information content (AvgIpc) is 0.937. The van der Waals surface area contributed by atoms with Crippen molar-refractivity contribution in [1.82, 2.24) is 0 Å². The fraction of sp³-hybridized carbons (Fsp3) is 0.952. The van der Waals surface area contributed by atoms with Crippen LogP contribution in [0.2, 0.25) is 0 Å². The van der Waals surface area contributed by atoms with E-state index < -0.39 is 97.5 Å². The molecule has 0 spiro atoms. The summed E-state index contributed by atoms with van der Waals surface area (Å²) in [4.78, 5) is 73.1. The Bertz CT molecular complexity index is 1960. The number of esters is 4. The van der Waals surface area contributed by atoms with Crippen LogP contribution in [0.15, 0.2) is 0 Å². The first-order chi connectivity index (χ1) is 49.4. The maximum absolute atomic E-state index is 13.1. The van der Waals surface area contributed by atoms with Crippen LogP contribution in [0.5, 0.6) is 0 Å². The average molecular weight is 1490 g/mol. The van der Waals surface area contributed by atoms with Crippen LogP contribution < -0.4 is 0 Å². The summed E-state index contributed by atoms with van der Waals surface area (Å²) >= 11 is 0. The molecule has 0 heterocycles. The molecule has 0 amide bonds. The number of hydrogen-bond donors (Lipinski definition) is 3. The van der Waals surface area contributed by atoms with Crippen molar-refractivity contribution in [1.29, 1.82) is 0 Å². The molecule has 0 rings (SSSR count). The first kappa shape index (κ1) is 100. The molecule has 0 aliphatic carbocycles. The molecule has 19 heteroatoms. The summed E-state index contributed by atoms with van der Waals surface area (Å²) in [5, 5.41) is 10.7. The van der Waals surface area contributed by atoms with Crippen molar-refractivity contribution in [3.63, 3.8) is 0 Å². The number of carbonyl (C=O) groups excluding carboxylic acids is 4. The number of carbonyl (C=O) groups is 4. The second-order valence-corrected chi connectivity index (χ2v) is 33.7. The molecule has 2 unspecified atom stereocenters. The van der Waals surface area contributed by atoms with E-state index in [4.69, 9.17) is 37.0 Å². The molecule has 0 aromatic carbocycles. The molecule has 3 N–H and O–H groups in total. The standard InChI is InChI=1S/C83H162O17P2/c1-7-9-11-13-15-17-19-21-22-23-27-30-36-42-48-54-60-66-81(86)94-72-78(99-82(87)67-61-55-49-43-37-31-28-25-24-26-29-33-39-45-51-57-63-75(3)4)73-97-101(89,90)95-69-77(84)70-96-102(91,92)98-74-79(71-93-80(85)65-59-53-47-41-35-20-18-16-14-12-10-8-2)100-83(88)68-62-56-50-44-38-32-34-40-46-52-58-64-76(5)6/h75-79,84H,7-74H2,1-6H3,(H,89,90)(H,91,92)/t77-,78-,79-/m1/s1. The lowest BCUT2D eigenvalue weighted by Crippen LogP contribution is -2.30. The first-order valence-corrected chi connectivity index (χ1v) is 46.0. The Labute approximate surface area is 626 Å². The molecule has 0 aliphatic rings. The van der Waals surface area contributed by atoms with E-state index >= 15 is 0 Å². The van der Waals surface area contributed by atoms with E-state index in [0.29, 0.717) is 25.7 Å². The second kappa shape index (κ2) is 74.5. The third kappa shape index (κ3) is 76.3. The molecule has 102 heavy (non-hydrogen) atoms. The van der Waals surface area contributed by atoms with Crippen LogP contribution in [0, 0.1) is 11.8 Å². The largest absolute Gasteiger partial charge is 0.472 e. The predicted octanol–water partition coefficient (Wildman–Crippen LogP) is 25.1. The van der Waals surface area contributed by atoms with Crippen molar-refractivity contribution in [2.24, 2.45) is 11.8 Å². The fourth-order valence-electron chi connectivity index (χ4n) is 12.9. The van der Waals surface area contributed by atoms with Gasteiger partial charge in [-0.25, -0.2) is 9.13 Å². The van der Waals surface area contributed by atoms with E-state index in [-0.39, 0.29) is 25.7 Å². The van der Waals surface area contributed by atoms with Gasteiger partial charge in [0, 0.05) is 25.7 Å². The molecule has 606 valence electrons. The topological polar surface area (TPSA) is 237 Å². The number of aliphatic hydroxyl groups is 1. The zero-order chi connectivity index (χ0) is 74.9. The summed E-state index contributed by atoms with van der Waals surface area (Å²) in [6, 6.07) is 0. The SMILES string of the molecule is CCCCCCCCCCCCCCCCCCCC(=O)OC[C@H](COP(=O)(O)OC[C@@H](O)COP(=O)(O)OC[C@@H](COC(=O)CCCCCCCCCCCCCC)OC(=O)CCCCCCCCCCCCCC(C)C)OC(=O)CCCCCCCCCCCCCCCCCCC(C)C. The molecule has 0 aromatic rings. The molecular formula is C83H162O17P2. The van der Waals surface area contributed by atoms with Crippen molar-refractivity contribution in [2.45, 2.75) is 458 Å². The quantitative estimate of drug-likeness (QED) is 0.0222. The van der Waals surface area contributed by atoms with E-state index in [0.717, 1.165) is 102 Å². The van der Waals surface area contributed by atoms with Gasteiger partial charge in [-0.05, 0) is 37.5 Å². The number of rotatable bonds is 82. The van der Waals surface area contributed by atoms with Gasteiger partial charge < -0.3 is 33.8 Å². The molecular weight excluding hydrogens is 1330 g/mol. The highest BCUT2D eigenvalue weighted by Gasteiger charge is 2.30. The minimum absolute atomic E-state index is 0.107. The maximum atomic E-state index is 13.1. The Morgan fingerprint density at radius 1 is 0.265 bits per heavy atom. The minimum Gasteiger partial charge on any atom is -0.462 e. The third-order valence-electron chi connectivity index (χ3n) is 19.5. The van der Waals surface area contributed by atoms with Gasteiger partial charge >= 0.3 is 39.5 Å². The van der Waals surface area contributed by atoms with Gasteiger partial charge in [0.05, 0.1) is 26.4 Å². The molecule has 5 atom stereocenters. The predicted molar refractivity (Wildman–Crippen MR) is 418 cm³/mol. The Balaban J connectivity index is 5.26. The molecule has 0 radical (unpaired) electrons. The van der Waals surface area contributed by atoms with E-state index in [9.17, 15) is 43.2 Å². The molecule has 0 fully saturated rings. The Kier molecular flexibility index (Phi) is 73.1. The van der Waals surface area contributed by atoms with Gasteiger partial charge in [-0.1, -0.05) is 388 Å². The van der Waals surface area contributed by atoms with Gasteiger partial charge in [0.2, 0.25) is 0 Å². The van der Waals surface area contributed by atoms with Gasteiger partial charge in [0.25, 0.3) is 0 Å². The van der Waals surface area contributed by atoms with Crippen LogP contribution in [0.4, 0.5) is 0 Å². The summed E-state index contributed by atoms with van der Waals surface area (Å²) in [5.41, 5.74) is 0. The lowest BCUT2D eigenvalue weighted by molar-refractivity contribution is -0.161. The zero-order valence-corrected chi connectivity index (χ0v) is 68.7. The number of hydrogen-bond acceptors (Lipinski definition) is 15. The summed E-state index contributed by atoms with van der Waals surface area (Å²) in [6.07, 6.45) is 65.1. The third-order valence-corrected chi connectivity index (χ3v) is 21.4. The highest BCUT2D eigenvalue weighted by atomic mass is 31.2. The normalized spacial score (nSPS) is 13.9. The number of ether oxygens (including phenoxy) is 4. The summed E-state index contributed by atoms with van der Waals surface area (Å²) < 4.78 is 68.8. The molecule has 0 bridgehead atoms. The van der Waals surface area contributed by atoms with Gasteiger partial charge in [0.15, 0.2) is 12.2 Å². The summed E-state index contributed by atoms with van der Waals surface area (Å²) in [7, 11) is -9.92. The van der Waals surface area contributed by atoms with Crippen molar-refractivity contribution in [2.75, 3.05) is 39.6 Å². The number of unbranched alkanes of at least 4 members (excludes halogenated alkanes) is 52. The summed E-state index contributed by atoms with van der Waals surface area (Å²) in [5.74, 6) is -0.529. The van der Waals surface area contributed by atoms with E-state index in [1.54, 1.807) is 0 Å². The maximum Gasteiger partial charge on any atom is 0.472 e. The van der Waals surface area contributed by atoms with Crippen molar-refractivity contribution in [3.8, 4) is 0 Å². The molecule has 0 saturated carbocycles. The lowest BCUT2D eigenvalue weighted by atomic mass is 10.0. The van der Waals surface area contributed by atoms with Gasteiger partial charge in [-0.3, -0.25) is 37.3 Å². The van der Waals surface area contributed by atoms with Crippen molar-refractivity contribution >= 4 is 39.5 Å². The highest BCUT2D eigenvalue weighted by molar-refractivity contribution is 7.47. The zero-order valence-electron chi connectivity index (χ0n) is 66.9. The molecule has 0 saturated heterocycles. The smallest absolute Gasteiger partial charge is 0.462 e. The van der Waals surface area contributed by atoms with Crippen molar-refractivity contribution in [3.05, 3.63) is 0 Å². The first-order valence-electron chi connectivity index (χ1n) is 43.0. The van der Waals surface area contributed by atoms with E-state index in [1.165, 1.54) is 257 Å². The van der Waals surface area contributed by atoms with Crippen LogP contribution in [0.1, 0.15) is 440 Å². The highest BCUT2D eigenvalue weighted by Crippen LogP contribution is 2.45. The van der Waals surface area contributed by atoms with Crippen LogP contribution in [0.3, 0.4) is 0 Å². The molecule has 0 aromatic heterocycles. The monoisotopic (exact) mass is 1490 g/mol. The van der Waals surface area contributed by atoms with E-state index in [1.807, 2.05) is 0 Å². The minimum atomic E-state index is -4.96. The second-order valence-electron chi connectivity index (χ2n) is 30.8. The lowest BCUT2D eigenvalue weighted by Gasteiger charge is -2.21. The summed E-state index contributed by atoms with van der Waals surface area (Å²) in [6.45, 7) is 9.69. The number of aliphatic hydroxyl groups excluding tert-OH is 1. The fourth-order valence-corrected chi connectivity index (χ4v) is 14.5. The van der Waals surface area contributed by atoms with Gasteiger partial charge in [-0.15, -0.1) is 0 Å². The van der Waals surface area contributed by atoms with Gasteiger partial charge in [0.1, 0.15) is 19.3 Å². The van der Waals surface area contributed by atoms with Crippen LogP contribution in [-0.4, -0.2) is 96.7 Å². The number of phosphoric ester groups is 2.